The number of amides is 1. The first-order chi connectivity index (χ1) is 14.1. The van der Waals surface area contributed by atoms with Gasteiger partial charge in [0, 0.05) is 24.3 Å². The van der Waals surface area contributed by atoms with Crippen molar-refractivity contribution in [3.8, 4) is 0 Å². The van der Waals surface area contributed by atoms with E-state index in [0.717, 1.165) is 18.9 Å². The van der Waals surface area contributed by atoms with Crippen molar-refractivity contribution >= 4 is 33.1 Å². The van der Waals surface area contributed by atoms with Gasteiger partial charge in [0.2, 0.25) is 10.0 Å². The van der Waals surface area contributed by atoms with Crippen LogP contribution in [0.5, 0.6) is 0 Å². The topological polar surface area (TPSA) is 101 Å². The first-order valence-corrected chi connectivity index (χ1v) is 11.5. The first-order valence-electron chi connectivity index (χ1n) is 9.93. The molecule has 0 unspecified atom stereocenters. The third-order valence-corrected chi connectivity index (χ3v) is 6.54. The van der Waals surface area contributed by atoms with Crippen molar-refractivity contribution in [2.45, 2.75) is 45.2 Å². The highest BCUT2D eigenvalue weighted by molar-refractivity contribution is 7.93. The number of rotatable bonds is 6. The van der Waals surface area contributed by atoms with Gasteiger partial charge in [0.1, 0.15) is 5.82 Å². The number of sulfonamides is 1. The van der Waals surface area contributed by atoms with Gasteiger partial charge in [-0.3, -0.25) is 9.52 Å². The van der Waals surface area contributed by atoms with E-state index in [0.29, 0.717) is 16.9 Å². The van der Waals surface area contributed by atoms with E-state index < -0.39 is 15.3 Å². The molecular weight excluding hydrogens is 404 g/mol. The van der Waals surface area contributed by atoms with E-state index in [4.69, 9.17) is 4.74 Å². The van der Waals surface area contributed by atoms with Crippen molar-refractivity contribution in [2.75, 3.05) is 28.0 Å². The molecule has 0 aliphatic carbocycles. The fourth-order valence-corrected chi connectivity index (χ4v) is 3.89. The number of nitrogens with one attached hydrogen (secondary N) is 2. The average Bonchev–Trinajstić information content (AvgIpc) is 2.68. The Bertz CT molecular complexity index is 965. The van der Waals surface area contributed by atoms with Gasteiger partial charge in [-0.1, -0.05) is 0 Å². The molecule has 0 saturated carbocycles. The van der Waals surface area contributed by atoms with Crippen LogP contribution < -0.4 is 14.9 Å². The monoisotopic (exact) mass is 432 g/mol. The minimum absolute atomic E-state index is 0.142. The van der Waals surface area contributed by atoms with Crippen molar-refractivity contribution in [1.82, 2.24) is 4.98 Å². The van der Waals surface area contributed by atoms with Gasteiger partial charge >= 0.3 is 0 Å². The highest BCUT2D eigenvalue weighted by Crippen LogP contribution is 2.20. The van der Waals surface area contributed by atoms with E-state index in [1.54, 1.807) is 44.3 Å². The Hall–Kier alpha value is -2.65. The summed E-state index contributed by atoms with van der Waals surface area (Å²) in [6.07, 6.45) is 1.91. The van der Waals surface area contributed by atoms with Crippen LogP contribution in [0.4, 0.5) is 17.2 Å². The molecule has 1 amide bonds. The van der Waals surface area contributed by atoms with E-state index in [2.05, 4.69) is 19.9 Å². The van der Waals surface area contributed by atoms with Crippen molar-refractivity contribution in [3.05, 3.63) is 48.2 Å². The zero-order valence-electron chi connectivity index (χ0n) is 17.6. The summed E-state index contributed by atoms with van der Waals surface area (Å²) in [7, 11) is -3.42. The number of morpholine rings is 1. The minimum atomic E-state index is -3.42. The molecule has 1 aliphatic rings. The normalized spacial score (nSPS) is 19.6. The van der Waals surface area contributed by atoms with Gasteiger partial charge in [-0.05, 0) is 64.1 Å². The predicted octanol–water partition coefficient (Wildman–Crippen LogP) is 3.10. The first kappa shape index (κ1) is 22.0. The second kappa shape index (κ2) is 9.01. The molecule has 0 spiro atoms. The van der Waals surface area contributed by atoms with Crippen LogP contribution in [0.2, 0.25) is 0 Å². The molecule has 0 radical (unpaired) electrons. The number of pyridine rings is 1. The summed E-state index contributed by atoms with van der Waals surface area (Å²) < 4.78 is 32.1. The highest BCUT2D eigenvalue weighted by Gasteiger charge is 2.23. The number of aromatic nitrogens is 1. The maximum absolute atomic E-state index is 12.5. The predicted molar refractivity (Wildman–Crippen MR) is 119 cm³/mol. The number of hydrogen-bond donors (Lipinski definition) is 2. The van der Waals surface area contributed by atoms with E-state index in [9.17, 15) is 13.2 Å². The molecule has 162 valence electrons. The molecule has 2 aromatic rings. The zero-order valence-corrected chi connectivity index (χ0v) is 18.4. The molecule has 1 aromatic heterocycles. The van der Waals surface area contributed by atoms with Crippen molar-refractivity contribution in [1.29, 1.82) is 0 Å². The summed E-state index contributed by atoms with van der Waals surface area (Å²) >= 11 is 0. The molecule has 1 aromatic carbocycles. The molecule has 1 aliphatic heterocycles. The van der Waals surface area contributed by atoms with E-state index in [1.165, 1.54) is 0 Å². The number of nitrogens with zero attached hydrogens (tertiary/aromatic N) is 2. The molecule has 8 nitrogen and oxygen atoms in total. The zero-order chi connectivity index (χ0) is 21.9. The lowest BCUT2D eigenvalue weighted by molar-refractivity contribution is -0.00545. The molecule has 1 saturated heterocycles. The van der Waals surface area contributed by atoms with Gasteiger partial charge in [0.15, 0.2) is 0 Å². The van der Waals surface area contributed by atoms with Gasteiger partial charge in [-0.15, -0.1) is 0 Å². The highest BCUT2D eigenvalue weighted by atomic mass is 32.2. The van der Waals surface area contributed by atoms with Crippen LogP contribution in [0, 0.1) is 0 Å². The second-order valence-electron chi connectivity index (χ2n) is 7.79. The van der Waals surface area contributed by atoms with Crippen LogP contribution in [-0.2, 0) is 14.8 Å². The van der Waals surface area contributed by atoms with Gasteiger partial charge < -0.3 is 15.0 Å². The van der Waals surface area contributed by atoms with Crippen LogP contribution in [-0.4, -0.2) is 49.9 Å². The quantitative estimate of drug-likeness (QED) is 0.728. The fraction of sp³-hybridized carbons (Fsp3) is 0.429. The van der Waals surface area contributed by atoms with Crippen molar-refractivity contribution < 1.29 is 17.9 Å². The lowest BCUT2D eigenvalue weighted by atomic mass is 10.2. The maximum atomic E-state index is 12.5. The van der Waals surface area contributed by atoms with Crippen molar-refractivity contribution in [2.24, 2.45) is 0 Å². The SMILES string of the molecule is CC(C)S(=O)(=O)Nc1ccc(C(=O)Nc2ccc(N3C[C@@H](C)O[C@@H](C)C3)nc2)cc1. The third-order valence-electron chi connectivity index (χ3n) is 4.78. The van der Waals surface area contributed by atoms with E-state index in [-0.39, 0.29) is 18.1 Å². The molecule has 0 bridgehead atoms. The summed E-state index contributed by atoms with van der Waals surface area (Å²) in [4.78, 5) is 19.1. The molecular formula is C21H28N4O4S. The standard InChI is InChI=1S/C21H28N4O4S/c1-14(2)30(27,28)24-18-7-5-17(6-8-18)21(26)23-19-9-10-20(22-11-19)25-12-15(3)29-16(4)13-25/h5-11,14-16,24H,12-13H2,1-4H3,(H,23,26)/t15-,16+. The Morgan fingerprint density at radius 2 is 1.67 bits per heavy atom. The number of carbonyl (C=O) groups is 1. The van der Waals surface area contributed by atoms with Crippen molar-refractivity contribution in [3.63, 3.8) is 0 Å². The van der Waals surface area contributed by atoms with Gasteiger partial charge in [0.05, 0.1) is 29.3 Å². The smallest absolute Gasteiger partial charge is 0.255 e. The largest absolute Gasteiger partial charge is 0.372 e. The number of benzene rings is 1. The maximum Gasteiger partial charge on any atom is 0.255 e. The molecule has 2 N–H and O–H groups in total. The Morgan fingerprint density at radius 3 is 2.20 bits per heavy atom. The molecule has 9 heteroatoms. The minimum Gasteiger partial charge on any atom is -0.372 e. The molecule has 30 heavy (non-hydrogen) atoms. The summed E-state index contributed by atoms with van der Waals surface area (Å²) in [5, 5.41) is 2.27. The molecule has 2 heterocycles. The van der Waals surface area contributed by atoms with Crippen LogP contribution in [0.15, 0.2) is 42.6 Å². The van der Waals surface area contributed by atoms with Gasteiger partial charge in [-0.25, -0.2) is 13.4 Å². The lowest BCUT2D eigenvalue weighted by Gasteiger charge is -2.36. The lowest BCUT2D eigenvalue weighted by Crippen LogP contribution is -2.45. The average molecular weight is 433 g/mol. The third kappa shape index (κ3) is 5.48. The van der Waals surface area contributed by atoms with Gasteiger partial charge in [0.25, 0.3) is 5.91 Å². The summed E-state index contributed by atoms with van der Waals surface area (Å²) in [6, 6.07) is 9.98. The van der Waals surface area contributed by atoms with Crippen LogP contribution in [0.3, 0.4) is 0 Å². The van der Waals surface area contributed by atoms with Crippen LogP contribution >= 0.6 is 0 Å². The van der Waals surface area contributed by atoms with E-state index in [1.807, 2.05) is 26.0 Å². The molecule has 1 fully saturated rings. The Kier molecular flexibility index (Phi) is 6.62. The summed E-state index contributed by atoms with van der Waals surface area (Å²) in [5.41, 5.74) is 1.42. The fourth-order valence-electron chi connectivity index (χ4n) is 3.19. The summed E-state index contributed by atoms with van der Waals surface area (Å²) in [6.45, 7) is 8.83. The Morgan fingerprint density at radius 1 is 1.07 bits per heavy atom. The Balaban J connectivity index is 1.62. The van der Waals surface area contributed by atoms with Crippen LogP contribution in [0.25, 0.3) is 0 Å². The van der Waals surface area contributed by atoms with Crippen LogP contribution in [0.1, 0.15) is 38.1 Å². The molecule has 2 atom stereocenters. The van der Waals surface area contributed by atoms with Gasteiger partial charge in [-0.2, -0.15) is 0 Å². The Labute approximate surface area is 177 Å². The number of anilines is 3. The van der Waals surface area contributed by atoms with E-state index >= 15 is 0 Å². The summed E-state index contributed by atoms with van der Waals surface area (Å²) in [5.74, 6) is 0.549. The number of hydrogen-bond acceptors (Lipinski definition) is 6. The number of ether oxygens (including phenoxy) is 1. The number of carbonyl (C=O) groups excluding carboxylic acids is 1. The second-order valence-corrected chi connectivity index (χ2v) is 10.0. The molecule has 3 rings (SSSR count).